The third kappa shape index (κ3) is 11.5. The van der Waals surface area contributed by atoms with Crippen LogP contribution in [-0.4, -0.2) is 11.1 Å². The second kappa shape index (κ2) is 11.7. The van der Waals surface area contributed by atoms with Crippen LogP contribution in [0.4, 0.5) is 0 Å². The van der Waals surface area contributed by atoms with E-state index in [0.29, 0.717) is 5.92 Å². The molecular weight excluding hydrogens is 212 g/mol. The van der Waals surface area contributed by atoms with E-state index in [0.717, 1.165) is 19.3 Å². The van der Waals surface area contributed by atoms with Crippen molar-refractivity contribution in [3.63, 3.8) is 0 Å². The van der Waals surface area contributed by atoms with Gasteiger partial charge in [0, 0.05) is 6.08 Å². The molecule has 0 aliphatic heterocycles. The van der Waals surface area contributed by atoms with Crippen molar-refractivity contribution < 1.29 is 9.90 Å². The number of hydrogen-bond acceptors (Lipinski definition) is 1. The molecule has 0 amide bonds. The summed E-state index contributed by atoms with van der Waals surface area (Å²) in [4.78, 5) is 10.5. The SMILES string of the molecule is CCCCCCCCC(C=CC(=O)O)CCC. The summed E-state index contributed by atoms with van der Waals surface area (Å²) in [6.07, 6.45) is 14.4. The predicted molar refractivity (Wildman–Crippen MR) is 73.2 cm³/mol. The lowest BCUT2D eigenvalue weighted by molar-refractivity contribution is -0.131. The Kier molecular flexibility index (Phi) is 11.1. The summed E-state index contributed by atoms with van der Waals surface area (Å²) in [6.45, 7) is 4.39. The van der Waals surface area contributed by atoms with E-state index in [1.807, 2.05) is 6.08 Å². The Labute approximate surface area is 106 Å². The van der Waals surface area contributed by atoms with E-state index in [1.165, 1.54) is 44.6 Å². The number of carboxylic acid groups (broad SMARTS) is 1. The number of unbranched alkanes of at least 4 members (excludes halogenated alkanes) is 5. The van der Waals surface area contributed by atoms with Crippen molar-refractivity contribution >= 4 is 5.97 Å². The number of carboxylic acids is 1. The van der Waals surface area contributed by atoms with Crippen LogP contribution in [0, 0.1) is 5.92 Å². The zero-order valence-electron chi connectivity index (χ0n) is 11.5. The molecule has 0 aromatic heterocycles. The topological polar surface area (TPSA) is 37.3 Å². The molecule has 1 unspecified atom stereocenters. The van der Waals surface area contributed by atoms with E-state index < -0.39 is 5.97 Å². The Balaban J connectivity index is 3.66. The molecule has 1 atom stereocenters. The Morgan fingerprint density at radius 2 is 1.65 bits per heavy atom. The highest BCUT2D eigenvalue weighted by atomic mass is 16.4. The third-order valence-electron chi connectivity index (χ3n) is 3.10. The molecule has 0 saturated carbocycles. The van der Waals surface area contributed by atoms with Gasteiger partial charge in [0.05, 0.1) is 0 Å². The first-order chi connectivity index (χ1) is 8.20. The van der Waals surface area contributed by atoms with Gasteiger partial charge in [0.1, 0.15) is 0 Å². The predicted octanol–water partition coefficient (Wildman–Crippen LogP) is 4.79. The summed E-state index contributed by atoms with van der Waals surface area (Å²) >= 11 is 0. The van der Waals surface area contributed by atoms with Gasteiger partial charge in [0.25, 0.3) is 0 Å². The molecule has 0 aromatic rings. The monoisotopic (exact) mass is 240 g/mol. The molecule has 17 heavy (non-hydrogen) atoms. The van der Waals surface area contributed by atoms with Gasteiger partial charge in [0.2, 0.25) is 0 Å². The standard InChI is InChI=1S/C15H28O2/c1-3-5-6-7-8-9-11-14(10-4-2)12-13-15(16)17/h12-14H,3-11H2,1-2H3,(H,16,17). The van der Waals surface area contributed by atoms with E-state index >= 15 is 0 Å². The highest BCUT2D eigenvalue weighted by molar-refractivity contribution is 5.79. The first-order valence-electron chi connectivity index (χ1n) is 7.11. The second-order valence-corrected chi connectivity index (χ2v) is 4.80. The molecule has 0 aromatic carbocycles. The molecule has 2 nitrogen and oxygen atoms in total. The summed E-state index contributed by atoms with van der Waals surface area (Å²) in [5, 5.41) is 8.61. The van der Waals surface area contributed by atoms with Gasteiger partial charge in [-0.25, -0.2) is 4.79 Å². The molecule has 1 N–H and O–H groups in total. The summed E-state index contributed by atoms with van der Waals surface area (Å²) < 4.78 is 0. The summed E-state index contributed by atoms with van der Waals surface area (Å²) in [6, 6.07) is 0. The fourth-order valence-corrected chi connectivity index (χ4v) is 2.11. The molecule has 0 spiro atoms. The van der Waals surface area contributed by atoms with Crippen molar-refractivity contribution in [1.29, 1.82) is 0 Å². The number of carbonyl (C=O) groups is 1. The van der Waals surface area contributed by atoms with Gasteiger partial charge in [0.15, 0.2) is 0 Å². The van der Waals surface area contributed by atoms with Crippen molar-refractivity contribution in [2.45, 2.75) is 71.6 Å². The molecule has 2 heteroatoms. The van der Waals surface area contributed by atoms with Crippen LogP contribution in [0.5, 0.6) is 0 Å². The van der Waals surface area contributed by atoms with Crippen LogP contribution in [0.25, 0.3) is 0 Å². The van der Waals surface area contributed by atoms with Crippen LogP contribution < -0.4 is 0 Å². The molecule has 0 aliphatic carbocycles. The molecule has 0 rings (SSSR count). The molecular formula is C15H28O2. The van der Waals surface area contributed by atoms with E-state index in [2.05, 4.69) is 13.8 Å². The maximum Gasteiger partial charge on any atom is 0.327 e. The third-order valence-corrected chi connectivity index (χ3v) is 3.10. The van der Waals surface area contributed by atoms with Gasteiger partial charge in [-0.05, 0) is 18.8 Å². The van der Waals surface area contributed by atoms with Gasteiger partial charge in [-0.3, -0.25) is 0 Å². The van der Waals surface area contributed by atoms with Gasteiger partial charge >= 0.3 is 5.97 Å². The van der Waals surface area contributed by atoms with E-state index in [1.54, 1.807) is 0 Å². The van der Waals surface area contributed by atoms with Crippen LogP contribution in [0.3, 0.4) is 0 Å². The second-order valence-electron chi connectivity index (χ2n) is 4.80. The quantitative estimate of drug-likeness (QED) is 0.416. The van der Waals surface area contributed by atoms with Gasteiger partial charge in [-0.2, -0.15) is 0 Å². The normalized spacial score (nSPS) is 13.1. The average Bonchev–Trinajstić information content (AvgIpc) is 2.30. The summed E-state index contributed by atoms with van der Waals surface area (Å²) in [5.41, 5.74) is 0. The lowest BCUT2D eigenvalue weighted by atomic mass is 9.95. The fourth-order valence-electron chi connectivity index (χ4n) is 2.11. The Morgan fingerprint density at radius 1 is 1.00 bits per heavy atom. The van der Waals surface area contributed by atoms with Crippen LogP contribution in [-0.2, 0) is 4.79 Å². The van der Waals surface area contributed by atoms with Crippen LogP contribution >= 0.6 is 0 Å². The minimum atomic E-state index is -0.825. The van der Waals surface area contributed by atoms with E-state index in [-0.39, 0.29) is 0 Å². The van der Waals surface area contributed by atoms with Gasteiger partial charge < -0.3 is 5.11 Å². The highest BCUT2D eigenvalue weighted by Gasteiger charge is 2.04. The van der Waals surface area contributed by atoms with E-state index in [4.69, 9.17) is 5.11 Å². The van der Waals surface area contributed by atoms with Crippen molar-refractivity contribution in [3.8, 4) is 0 Å². The minimum absolute atomic E-state index is 0.460. The summed E-state index contributed by atoms with van der Waals surface area (Å²) in [7, 11) is 0. The van der Waals surface area contributed by atoms with Crippen LogP contribution in [0.15, 0.2) is 12.2 Å². The Hall–Kier alpha value is -0.790. The molecule has 0 bridgehead atoms. The Morgan fingerprint density at radius 3 is 2.24 bits per heavy atom. The van der Waals surface area contributed by atoms with Gasteiger partial charge in [-0.15, -0.1) is 0 Å². The Bertz CT molecular complexity index is 209. The largest absolute Gasteiger partial charge is 0.478 e. The van der Waals surface area contributed by atoms with Crippen LogP contribution in [0.1, 0.15) is 71.6 Å². The van der Waals surface area contributed by atoms with Crippen molar-refractivity contribution in [2.24, 2.45) is 5.92 Å². The number of hydrogen-bond donors (Lipinski definition) is 1. The molecule has 0 fully saturated rings. The molecule has 100 valence electrons. The van der Waals surface area contributed by atoms with Crippen molar-refractivity contribution in [2.75, 3.05) is 0 Å². The zero-order valence-corrected chi connectivity index (χ0v) is 11.5. The average molecular weight is 240 g/mol. The smallest absolute Gasteiger partial charge is 0.327 e. The first-order valence-corrected chi connectivity index (χ1v) is 7.11. The van der Waals surface area contributed by atoms with Crippen molar-refractivity contribution in [1.82, 2.24) is 0 Å². The summed E-state index contributed by atoms with van der Waals surface area (Å²) in [5.74, 6) is -0.365. The molecule has 0 heterocycles. The zero-order chi connectivity index (χ0) is 12.9. The number of aliphatic carboxylic acids is 1. The lowest BCUT2D eigenvalue weighted by Crippen LogP contribution is -1.98. The van der Waals surface area contributed by atoms with Gasteiger partial charge in [-0.1, -0.05) is 64.9 Å². The number of rotatable bonds is 11. The number of allylic oxidation sites excluding steroid dienone is 1. The molecule has 0 saturated heterocycles. The molecule has 0 aliphatic rings. The van der Waals surface area contributed by atoms with Crippen molar-refractivity contribution in [3.05, 3.63) is 12.2 Å². The lowest BCUT2D eigenvalue weighted by Gasteiger charge is -2.10. The molecule has 0 radical (unpaired) electrons. The fraction of sp³-hybridized carbons (Fsp3) is 0.800. The maximum atomic E-state index is 10.5. The van der Waals surface area contributed by atoms with E-state index in [9.17, 15) is 4.79 Å². The highest BCUT2D eigenvalue weighted by Crippen LogP contribution is 2.18. The maximum absolute atomic E-state index is 10.5. The first kappa shape index (κ1) is 16.2. The minimum Gasteiger partial charge on any atom is -0.478 e. The van der Waals surface area contributed by atoms with Crippen LogP contribution in [0.2, 0.25) is 0 Å².